The van der Waals surface area contributed by atoms with E-state index in [0.717, 1.165) is 32.8 Å². The van der Waals surface area contributed by atoms with Gasteiger partial charge in [0.05, 0.1) is 24.8 Å². The fourth-order valence-electron chi connectivity index (χ4n) is 3.10. The first-order valence-corrected chi connectivity index (χ1v) is 7.00. The summed E-state index contributed by atoms with van der Waals surface area (Å²) in [5.74, 6) is 0.265. The molecule has 2 atom stereocenters. The van der Waals surface area contributed by atoms with Crippen LogP contribution in [-0.2, 0) is 4.74 Å². The fourth-order valence-corrected chi connectivity index (χ4v) is 3.10. The van der Waals surface area contributed by atoms with E-state index in [1.54, 1.807) is 18.3 Å². The number of amides is 1. The van der Waals surface area contributed by atoms with Gasteiger partial charge in [0, 0.05) is 31.9 Å². The van der Waals surface area contributed by atoms with Gasteiger partial charge in [-0.2, -0.15) is 0 Å². The third-order valence-corrected chi connectivity index (χ3v) is 4.12. The maximum absolute atomic E-state index is 11.5. The van der Waals surface area contributed by atoms with E-state index in [0.29, 0.717) is 23.5 Å². The van der Waals surface area contributed by atoms with Crippen LogP contribution in [0, 0.1) is 0 Å². The lowest BCUT2D eigenvalue weighted by Crippen LogP contribution is -2.61. The summed E-state index contributed by atoms with van der Waals surface area (Å²) >= 11 is 0. The summed E-state index contributed by atoms with van der Waals surface area (Å²) in [6.45, 7) is 6.37. The summed E-state index contributed by atoms with van der Waals surface area (Å²) in [6, 6.07) is 4.29. The van der Waals surface area contributed by atoms with Gasteiger partial charge in [-0.15, -0.1) is 0 Å². The second-order valence-corrected chi connectivity index (χ2v) is 5.46. The number of piperazine rings is 1. The largest absolute Gasteiger partial charge is 0.378 e. The zero-order valence-corrected chi connectivity index (χ0v) is 11.7. The summed E-state index contributed by atoms with van der Waals surface area (Å²) in [7, 11) is 0. The smallest absolute Gasteiger partial charge is 0.252 e. The number of morpholine rings is 1. The van der Waals surface area contributed by atoms with Crippen molar-refractivity contribution in [2.24, 2.45) is 5.73 Å². The molecule has 2 saturated heterocycles. The van der Waals surface area contributed by atoms with Crippen molar-refractivity contribution in [2.45, 2.75) is 19.0 Å². The van der Waals surface area contributed by atoms with Crippen LogP contribution in [-0.4, -0.2) is 60.7 Å². The van der Waals surface area contributed by atoms with Gasteiger partial charge >= 0.3 is 0 Å². The van der Waals surface area contributed by atoms with Crippen LogP contribution in [0.4, 0.5) is 5.82 Å². The van der Waals surface area contributed by atoms with E-state index in [4.69, 9.17) is 10.5 Å². The van der Waals surface area contributed by atoms with E-state index in [1.807, 2.05) is 0 Å². The summed E-state index contributed by atoms with van der Waals surface area (Å²) in [6.07, 6.45) is 1.70. The molecule has 3 heterocycles. The first-order valence-electron chi connectivity index (χ1n) is 7.00. The zero-order valence-electron chi connectivity index (χ0n) is 11.7. The van der Waals surface area contributed by atoms with Crippen molar-refractivity contribution in [3.8, 4) is 0 Å². The quantitative estimate of drug-likeness (QED) is 0.829. The molecule has 0 bridgehead atoms. The second kappa shape index (κ2) is 5.38. The first-order chi connectivity index (χ1) is 9.66. The Morgan fingerprint density at radius 3 is 3.10 bits per heavy atom. The normalized spacial score (nSPS) is 27.1. The lowest BCUT2D eigenvalue weighted by molar-refractivity contribution is -0.0469. The van der Waals surface area contributed by atoms with Crippen LogP contribution >= 0.6 is 0 Å². The molecular weight excluding hydrogens is 256 g/mol. The molecule has 0 aliphatic carbocycles. The highest BCUT2D eigenvalue weighted by atomic mass is 16.5. The molecular formula is C14H20N4O2. The average Bonchev–Trinajstić information content (AvgIpc) is 2.47. The molecule has 1 aromatic heterocycles. The van der Waals surface area contributed by atoms with Crippen LogP contribution in [0.1, 0.15) is 17.3 Å². The van der Waals surface area contributed by atoms with Gasteiger partial charge in [0.15, 0.2) is 0 Å². The lowest BCUT2D eigenvalue weighted by atomic mass is 10.1. The summed E-state index contributed by atoms with van der Waals surface area (Å²) in [5.41, 5.74) is 5.93. The Balaban J connectivity index is 1.81. The topological polar surface area (TPSA) is 71.7 Å². The minimum atomic E-state index is -0.427. The number of pyridine rings is 1. The Kier molecular flexibility index (Phi) is 3.58. The molecule has 0 radical (unpaired) electrons. The number of primary amides is 1. The van der Waals surface area contributed by atoms with E-state index in [9.17, 15) is 4.79 Å². The number of hydrogen-bond acceptors (Lipinski definition) is 5. The third kappa shape index (κ3) is 2.36. The molecule has 6 heteroatoms. The molecule has 2 aliphatic rings. The molecule has 108 valence electrons. The Labute approximate surface area is 118 Å². The molecule has 0 spiro atoms. The maximum atomic E-state index is 11.5. The number of nitrogens with zero attached hydrogens (tertiary/aromatic N) is 3. The Morgan fingerprint density at radius 1 is 1.45 bits per heavy atom. The van der Waals surface area contributed by atoms with E-state index >= 15 is 0 Å². The molecule has 0 aromatic carbocycles. The fraction of sp³-hybridized carbons (Fsp3) is 0.571. The van der Waals surface area contributed by atoms with Gasteiger partial charge in [-0.05, 0) is 19.1 Å². The summed E-state index contributed by atoms with van der Waals surface area (Å²) in [4.78, 5) is 20.5. The molecule has 0 saturated carbocycles. The second-order valence-electron chi connectivity index (χ2n) is 5.46. The van der Waals surface area contributed by atoms with Gasteiger partial charge in [0.2, 0.25) is 0 Å². The van der Waals surface area contributed by atoms with Crippen molar-refractivity contribution >= 4 is 11.7 Å². The van der Waals surface area contributed by atoms with Gasteiger partial charge in [0.25, 0.3) is 5.91 Å². The number of carbonyl (C=O) groups excluding carboxylic acids is 1. The molecule has 3 rings (SSSR count). The highest BCUT2D eigenvalue weighted by molar-refractivity contribution is 5.97. The number of hydrogen-bond donors (Lipinski definition) is 1. The highest BCUT2D eigenvalue weighted by Gasteiger charge is 2.34. The number of ether oxygens (including phenoxy) is 1. The molecule has 0 unspecified atom stereocenters. The van der Waals surface area contributed by atoms with E-state index in [-0.39, 0.29) is 0 Å². The first kappa shape index (κ1) is 13.3. The number of nitrogens with two attached hydrogens (primary N) is 1. The molecule has 2 aliphatic heterocycles. The third-order valence-electron chi connectivity index (χ3n) is 4.12. The van der Waals surface area contributed by atoms with Crippen molar-refractivity contribution in [3.05, 3.63) is 23.9 Å². The van der Waals surface area contributed by atoms with E-state index in [2.05, 4.69) is 21.7 Å². The van der Waals surface area contributed by atoms with Crippen LogP contribution in [0.25, 0.3) is 0 Å². The molecule has 2 N–H and O–H groups in total. The van der Waals surface area contributed by atoms with E-state index < -0.39 is 5.91 Å². The summed E-state index contributed by atoms with van der Waals surface area (Å²) < 4.78 is 5.63. The average molecular weight is 276 g/mol. The zero-order chi connectivity index (χ0) is 14.1. The minimum Gasteiger partial charge on any atom is -0.378 e. The van der Waals surface area contributed by atoms with Crippen LogP contribution in [0.2, 0.25) is 0 Å². The standard InChI is InChI=1S/C14H20N4O2/c1-10-8-20-9-11-7-17(5-6-18(10)11)14-12(13(15)19)3-2-4-16-14/h2-4,10-11H,5-9H2,1H3,(H2,15,19)/t10-,11+/m0/s1. The van der Waals surface area contributed by atoms with Crippen LogP contribution in [0.3, 0.4) is 0 Å². The van der Waals surface area contributed by atoms with Crippen LogP contribution in [0.5, 0.6) is 0 Å². The van der Waals surface area contributed by atoms with Crippen molar-refractivity contribution in [1.29, 1.82) is 0 Å². The van der Waals surface area contributed by atoms with Crippen LogP contribution in [0.15, 0.2) is 18.3 Å². The van der Waals surface area contributed by atoms with Gasteiger partial charge in [-0.1, -0.05) is 0 Å². The Hall–Kier alpha value is -1.66. The highest BCUT2D eigenvalue weighted by Crippen LogP contribution is 2.24. The van der Waals surface area contributed by atoms with Crippen molar-refractivity contribution in [1.82, 2.24) is 9.88 Å². The predicted octanol–water partition coefficient (Wildman–Crippen LogP) is 0.0898. The summed E-state index contributed by atoms with van der Waals surface area (Å²) in [5, 5.41) is 0. The molecule has 1 amide bonds. The van der Waals surface area contributed by atoms with Crippen molar-refractivity contribution < 1.29 is 9.53 Å². The molecule has 1 aromatic rings. The lowest BCUT2D eigenvalue weighted by Gasteiger charge is -2.47. The molecule has 20 heavy (non-hydrogen) atoms. The van der Waals surface area contributed by atoms with Crippen molar-refractivity contribution in [3.63, 3.8) is 0 Å². The molecule has 6 nitrogen and oxygen atoms in total. The van der Waals surface area contributed by atoms with Gasteiger partial charge in [-0.3, -0.25) is 9.69 Å². The van der Waals surface area contributed by atoms with E-state index in [1.165, 1.54) is 0 Å². The number of fused-ring (bicyclic) bond motifs is 1. The number of anilines is 1. The Bertz CT molecular complexity index is 508. The molecule has 2 fully saturated rings. The number of rotatable bonds is 2. The predicted molar refractivity (Wildman–Crippen MR) is 75.7 cm³/mol. The number of aromatic nitrogens is 1. The SMILES string of the molecule is C[C@H]1COC[C@H]2CN(c3ncccc3C(N)=O)CCN21. The van der Waals surface area contributed by atoms with Gasteiger partial charge < -0.3 is 15.4 Å². The van der Waals surface area contributed by atoms with Gasteiger partial charge in [-0.25, -0.2) is 4.98 Å². The minimum absolute atomic E-state index is 0.357. The van der Waals surface area contributed by atoms with Gasteiger partial charge in [0.1, 0.15) is 5.82 Å². The number of carbonyl (C=O) groups is 1. The maximum Gasteiger partial charge on any atom is 0.252 e. The Morgan fingerprint density at radius 2 is 2.30 bits per heavy atom. The van der Waals surface area contributed by atoms with Crippen LogP contribution < -0.4 is 10.6 Å². The van der Waals surface area contributed by atoms with Crippen molar-refractivity contribution in [2.75, 3.05) is 37.7 Å². The monoisotopic (exact) mass is 276 g/mol.